The van der Waals surface area contributed by atoms with Crippen LogP contribution in [0.5, 0.6) is 0 Å². The molecule has 25 heavy (non-hydrogen) atoms. The number of hydrogen-bond donors (Lipinski definition) is 1. The maximum Gasteiger partial charge on any atom is 0.269 e. The van der Waals surface area contributed by atoms with E-state index in [1.807, 2.05) is 24.3 Å². The van der Waals surface area contributed by atoms with Crippen LogP contribution in [0.15, 0.2) is 53.6 Å². The van der Waals surface area contributed by atoms with Crippen molar-refractivity contribution in [1.29, 1.82) is 0 Å². The first kappa shape index (κ1) is 16.2. The summed E-state index contributed by atoms with van der Waals surface area (Å²) in [7, 11) is 0. The fourth-order valence-electron chi connectivity index (χ4n) is 2.24. The van der Waals surface area contributed by atoms with Crippen LogP contribution in [0, 0.1) is 10.1 Å². The van der Waals surface area contributed by atoms with Crippen LogP contribution >= 0.6 is 0 Å². The van der Waals surface area contributed by atoms with Gasteiger partial charge in [-0.3, -0.25) is 14.9 Å². The highest BCUT2D eigenvalue weighted by Crippen LogP contribution is 2.12. The van der Waals surface area contributed by atoms with Crippen LogP contribution in [0.1, 0.15) is 12.5 Å². The van der Waals surface area contributed by atoms with Crippen molar-refractivity contribution < 1.29 is 9.72 Å². The first-order chi connectivity index (χ1) is 12.0. The number of aromatic nitrogens is 3. The molecule has 1 N–H and O–H groups in total. The standard InChI is InChI=1S/C16H14N6O3/c1-11(12-6-8-13(9-7-12)22(24)25)17-19-16(23)10-21-15-5-3-2-4-14(15)18-20-21/h2-9H,10H2,1H3,(H,19,23). The summed E-state index contributed by atoms with van der Waals surface area (Å²) in [5.74, 6) is -0.350. The summed E-state index contributed by atoms with van der Waals surface area (Å²) in [5.41, 5.74) is 5.13. The highest BCUT2D eigenvalue weighted by Gasteiger charge is 2.09. The lowest BCUT2D eigenvalue weighted by atomic mass is 10.1. The lowest BCUT2D eigenvalue weighted by Gasteiger charge is -2.04. The number of nitro groups is 1. The predicted molar refractivity (Wildman–Crippen MR) is 91.0 cm³/mol. The summed E-state index contributed by atoms with van der Waals surface area (Å²) >= 11 is 0. The second kappa shape index (κ2) is 6.87. The van der Waals surface area contributed by atoms with Gasteiger partial charge in [0.15, 0.2) is 0 Å². The third kappa shape index (κ3) is 3.66. The number of carbonyl (C=O) groups excluding carboxylic acids is 1. The first-order valence-corrected chi connectivity index (χ1v) is 7.41. The molecule has 3 rings (SSSR count). The van der Waals surface area contributed by atoms with E-state index in [1.54, 1.807) is 19.1 Å². The van der Waals surface area contributed by atoms with Gasteiger partial charge in [0.05, 0.1) is 16.2 Å². The number of nitrogens with zero attached hydrogens (tertiary/aromatic N) is 5. The zero-order valence-corrected chi connectivity index (χ0v) is 13.3. The normalized spacial score (nSPS) is 11.5. The lowest BCUT2D eigenvalue weighted by Crippen LogP contribution is -2.24. The number of non-ortho nitro benzene ring substituents is 1. The van der Waals surface area contributed by atoms with Crippen LogP contribution in [0.25, 0.3) is 11.0 Å². The highest BCUT2D eigenvalue weighted by atomic mass is 16.6. The summed E-state index contributed by atoms with van der Waals surface area (Å²) in [6.07, 6.45) is 0. The molecule has 1 heterocycles. The number of amides is 1. The van der Waals surface area contributed by atoms with Crippen LogP contribution in [-0.4, -0.2) is 31.5 Å². The molecule has 0 saturated carbocycles. The van der Waals surface area contributed by atoms with Crippen LogP contribution < -0.4 is 5.43 Å². The van der Waals surface area contributed by atoms with Crippen molar-refractivity contribution in [3.8, 4) is 0 Å². The maximum atomic E-state index is 12.0. The fourth-order valence-corrected chi connectivity index (χ4v) is 2.24. The molecule has 3 aromatic rings. The average Bonchev–Trinajstić information content (AvgIpc) is 3.03. The van der Waals surface area contributed by atoms with Crippen molar-refractivity contribution in [1.82, 2.24) is 20.4 Å². The summed E-state index contributed by atoms with van der Waals surface area (Å²) < 4.78 is 1.49. The van der Waals surface area contributed by atoms with Crippen molar-refractivity contribution in [2.45, 2.75) is 13.5 Å². The molecule has 0 bridgehead atoms. The maximum absolute atomic E-state index is 12.0. The second-order valence-corrected chi connectivity index (χ2v) is 5.27. The summed E-state index contributed by atoms with van der Waals surface area (Å²) in [6, 6.07) is 13.3. The summed E-state index contributed by atoms with van der Waals surface area (Å²) in [6.45, 7) is 1.68. The smallest absolute Gasteiger partial charge is 0.269 e. The van der Waals surface area contributed by atoms with Gasteiger partial charge in [-0.1, -0.05) is 17.3 Å². The molecule has 0 atom stereocenters. The van der Waals surface area contributed by atoms with E-state index in [0.717, 1.165) is 5.52 Å². The Balaban J connectivity index is 1.66. The minimum absolute atomic E-state index is 0.00125. The number of hydrazone groups is 1. The molecule has 0 fully saturated rings. The molecule has 9 nitrogen and oxygen atoms in total. The van der Waals surface area contributed by atoms with Crippen molar-refractivity contribution in [2.75, 3.05) is 0 Å². The van der Waals surface area contributed by atoms with Gasteiger partial charge in [0.1, 0.15) is 12.1 Å². The lowest BCUT2D eigenvalue weighted by molar-refractivity contribution is -0.384. The Morgan fingerprint density at radius 2 is 1.96 bits per heavy atom. The monoisotopic (exact) mass is 338 g/mol. The Hall–Kier alpha value is -3.62. The van der Waals surface area contributed by atoms with E-state index >= 15 is 0 Å². The van der Waals surface area contributed by atoms with Crippen molar-refractivity contribution >= 4 is 28.3 Å². The van der Waals surface area contributed by atoms with E-state index in [1.165, 1.54) is 16.8 Å². The van der Waals surface area contributed by atoms with Gasteiger partial charge >= 0.3 is 0 Å². The average molecular weight is 338 g/mol. The zero-order valence-electron chi connectivity index (χ0n) is 13.3. The number of fused-ring (bicyclic) bond motifs is 1. The van der Waals surface area contributed by atoms with E-state index in [-0.39, 0.29) is 18.1 Å². The molecule has 1 amide bonds. The molecular weight excluding hydrogens is 324 g/mol. The second-order valence-electron chi connectivity index (χ2n) is 5.27. The molecule has 0 radical (unpaired) electrons. The molecule has 0 saturated heterocycles. The predicted octanol–water partition coefficient (Wildman–Crippen LogP) is 1.88. The Kier molecular flexibility index (Phi) is 4.46. The Bertz CT molecular complexity index is 961. The molecule has 9 heteroatoms. The molecule has 2 aromatic carbocycles. The minimum Gasteiger partial charge on any atom is -0.271 e. The van der Waals surface area contributed by atoms with Crippen LogP contribution in [-0.2, 0) is 11.3 Å². The number of carbonyl (C=O) groups is 1. The van der Waals surface area contributed by atoms with Gasteiger partial charge in [-0.25, -0.2) is 10.1 Å². The van der Waals surface area contributed by atoms with E-state index in [0.29, 0.717) is 16.8 Å². The first-order valence-electron chi connectivity index (χ1n) is 7.41. The molecule has 0 aliphatic heterocycles. The quantitative estimate of drug-likeness (QED) is 0.433. The zero-order chi connectivity index (χ0) is 17.8. The number of rotatable bonds is 5. The van der Waals surface area contributed by atoms with E-state index in [2.05, 4.69) is 20.8 Å². The molecular formula is C16H14N6O3. The van der Waals surface area contributed by atoms with Gasteiger partial charge in [-0.05, 0) is 36.8 Å². The highest BCUT2D eigenvalue weighted by molar-refractivity contribution is 5.99. The van der Waals surface area contributed by atoms with Gasteiger partial charge in [-0.2, -0.15) is 5.10 Å². The Labute approximate surface area is 142 Å². The van der Waals surface area contributed by atoms with Crippen molar-refractivity contribution in [3.05, 3.63) is 64.2 Å². The number of nitrogens with one attached hydrogen (secondary N) is 1. The Morgan fingerprint density at radius 3 is 2.68 bits per heavy atom. The van der Waals surface area contributed by atoms with E-state index in [4.69, 9.17) is 0 Å². The van der Waals surface area contributed by atoms with E-state index in [9.17, 15) is 14.9 Å². The molecule has 1 aromatic heterocycles. The molecule has 0 aliphatic rings. The van der Waals surface area contributed by atoms with Crippen LogP contribution in [0.4, 0.5) is 5.69 Å². The summed E-state index contributed by atoms with van der Waals surface area (Å²) in [5, 5.41) is 22.6. The van der Waals surface area contributed by atoms with Gasteiger partial charge in [0.2, 0.25) is 0 Å². The SMILES string of the molecule is CC(=NNC(=O)Cn1nnc2ccccc21)c1ccc([N+](=O)[O-])cc1. The van der Waals surface area contributed by atoms with Gasteiger partial charge in [-0.15, -0.1) is 5.10 Å². The molecule has 126 valence electrons. The van der Waals surface area contributed by atoms with E-state index < -0.39 is 4.92 Å². The van der Waals surface area contributed by atoms with Gasteiger partial charge < -0.3 is 0 Å². The third-order valence-electron chi connectivity index (χ3n) is 3.56. The van der Waals surface area contributed by atoms with Crippen molar-refractivity contribution in [2.24, 2.45) is 5.10 Å². The topological polar surface area (TPSA) is 115 Å². The number of nitro benzene ring substituents is 1. The minimum atomic E-state index is -0.472. The third-order valence-corrected chi connectivity index (χ3v) is 3.56. The fraction of sp³-hybridized carbons (Fsp3) is 0.125. The molecule has 0 spiro atoms. The number of para-hydroxylation sites is 1. The van der Waals surface area contributed by atoms with Crippen molar-refractivity contribution in [3.63, 3.8) is 0 Å². The Morgan fingerprint density at radius 1 is 1.24 bits per heavy atom. The number of benzene rings is 2. The number of hydrogen-bond acceptors (Lipinski definition) is 6. The molecule has 0 aliphatic carbocycles. The summed E-state index contributed by atoms with van der Waals surface area (Å²) in [4.78, 5) is 22.2. The van der Waals surface area contributed by atoms with Gasteiger partial charge in [0, 0.05) is 12.1 Å². The van der Waals surface area contributed by atoms with Crippen LogP contribution in [0.3, 0.4) is 0 Å². The van der Waals surface area contributed by atoms with Crippen LogP contribution in [0.2, 0.25) is 0 Å². The largest absolute Gasteiger partial charge is 0.271 e. The van der Waals surface area contributed by atoms with Gasteiger partial charge in [0.25, 0.3) is 11.6 Å². The molecule has 0 unspecified atom stereocenters.